The number of rotatable bonds is 2. The summed E-state index contributed by atoms with van der Waals surface area (Å²) < 4.78 is 5.05. The monoisotopic (exact) mass is 221 g/mol. The predicted octanol–water partition coefficient (Wildman–Crippen LogP) is 2.19. The number of aliphatic hydroxyl groups excluding tert-OH is 1. The summed E-state index contributed by atoms with van der Waals surface area (Å²) in [5, 5.41) is 10.3. The van der Waals surface area contributed by atoms with E-state index in [0.717, 1.165) is 18.4 Å². The quantitative estimate of drug-likeness (QED) is 0.831. The van der Waals surface area contributed by atoms with Crippen molar-refractivity contribution in [2.24, 2.45) is 5.92 Å². The summed E-state index contributed by atoms with van der Waals surface area (Å²) in [6.45, 7) is 0. The normalized spacial score (nSPS) is 36.5. The number of furan rings is 1. The Kier molecular flexibility index (Phi) is 2.52. The molecule has 2 saturated heterocycles. The number of hydrogen-bond acceptors (Lipinski definition) is 3. The van der Waals surface area contributed by atoms with Crippen molar-refractivity contribution in [2.75, 3.05) is 7.05 Å². The van der Waals surface area contributed by atoms with Crippen LogP contribution >= 0.6 is 0 Å². The lowest BCUT2D eigenvalue weighted by molar-refractivity contribution is 0.0353. The first-order valence-corrected chi connectivity index (χ1v) is 6.18. The Morgan fingerprint density at radius 2 is 2.06 bits per heavy atom. The highest BCUT2D eigenvalue weighted by atomic mass is 16.3. The highest BCUT2D eigenvalue weighted by Crippen LogP contribution is 2.42. The summed E-state index contributed by atoms with van der Waals surface area (Å²) >= 11 is 0. The van der Waals surface area contributed by atoms with E-state index in [1.807, 2.05) is 6.07 Å². The van der Waals surface area contributed by atoms with Crippen molar-refractivity contribution in [2.45, 2.75) is 43.9 Å². The molecule has 0 aliphatic carbocycles. The Bertz CT molecular complexity index is 335. The molecule has 3 heteroatoms. The van der Waals surface area contributed by atoms with Gasteiger partial charge in [-0.25, -0.2) is 0 Å². The Labute approximate surface area is 96.1 Å². The van der Waals surface area contributed by atoms with Crippen LogP contribution in [-0.4, -0.2) is 29.1 Å². The van der Waals surface area contributed by atoms with E-state index >= 15 is 0 Å². The van der Waals surface area contributed by atoms with E-state index in [1.165, 1.54) is 12.8 Å². The molecule has 1 N–H and O–H groups in total. The molecule has 1 aromatic heterocycles. The Balaban J connectivity index is 1.73. The third-order valence-electron chi connectivity index (χ3n) is 4.47. The van der Waals surface area contributed by atoms with E-state index in [9.17, 15) is 5.11 Å². The van der Waals surface area contributed by atoms with Crippen LogP contribution in [0.3, 0.4) is 0 Å². The molecule has 2 bridgehead atoms. The molecular weight excluding hydrogens is 202 g/mol. The second-order valence-electron chi connectivity index (χ2n) is 5.28. The lowest BCUT2D eigenvalue weighted by Crippen LogP contribution is -2.41. The van der Waals surface area contributed by atoms with Gasteiger partial charge in [-0.2, -0.15) is 0 Å². The SMILES string of the molecule is CN1C2CCC1CC(C(O)c1ccoc1)C2. The maximum absolute atomic E-state index is 10.3. The molecule has 16 heavy (non-hydrogen) atoms. The first-order chi connectivity index (χ1) is 7.75. The molecule has 2 aliphatic heterocycles. The van der Waals surface area contributed by atoms with Gasteiger partial charge in [0.2, 0.25) is 0 Å². The zero-order valence-electron chi connectivity index (χ0n) is 9.67. The fourth-order valence-corrected chi connectivity index (χ4v) is 3.43. The topological polar surface area (TPSA) is 36.6 Å². The minimum atomic E-state index is -0.337. The molecule has 3 atom stereocenters. The molecule has 2 aliphatic rings. The van der Waals surface area contributed by atoms with E-state index in [-0.39, 0.29) is 6.10 Å². The molecule has 2 fully saturated rings. The molecule has 88 valence electrons. The standard InChI is InChI=1S/C13H19NO2/c1-14-11-2-3-12(14)7-10(6-11)13(15)9-4-5-16-8-9/h4-5,8,10-13,15H,2-3,6-7H2,1H3. The van der Waals surface area contributed by atoms with E-state index < -0.39 is 0 Å². The largest absolute Gasteiger partial charge is 0.472 e. The van der Waals surface area contributed by atoms with E-state index in [2.05, 4.69) is 11.9 Å². The Morgan fingerprint density at radius 1 is 1.38 bits per heavy atom. The van der Waals surface area contributed by atoms with Crippen LogP contribution in [0.2, 0.25) is 0 Å². The van der Waals surface area contributed by atoms with Crippen molar-refractivity contribution < 1.29 is 9.52 Å². The first-order valence-electron chi connectivity index (χ1n) is 6.18. The van der Waals surface area contributed by atoms with Crippen LogP contribution in [0.25, 0.3) is 0 Å². The molecule has 3 rings (SSSR count). The van der Waals surface area contributed by atoms with Crippen molar-refractivity contribution in [3.63, 3.8) is 0 Å². The number of aliphatic hydroxyl groups is 1. The van der Waals surface area contributed by atoms with Gasteiger partial charge in [0.05, 0.1) is 18.6 Å². The van der Waals surface area contributed by atoms with Crippen LogP contribution in [0.1, 0.15) is 37.4 Å². The van der Waals surface area contributed by atoms with Gasteiger partial charge in [0.25, 0.3) is 0 Å². The van der Waals surface area contributed by atoms with Gasteiger partial charge >= 0.3 is 0 Å². The zero-order valence-corrected chi connectivity index (χ0v) is 9.67. The van der Waals surface area contributed by atoms with Gasteiger partial charge < -0.3 is 14.4 Å². The summed E-state index contributed by atoms with van der Waals surface area (Å²) in [6.07, 6.45) is 7.83. The number of fused-ring (bicyclic) bond motifs is 2. The van der Waals surface area contributed by atoms with Gasteiger partial charge in [-0.3, -0.25) is 0 Å². The smallest absolute Gasteiger partial charge is 0.0960 e. The third-order valence-corrected chi connectivity index (χ3v) is 4.47. The molecule has 3 heterocycles. The maximum atomic E-state index is 10.3. The van der Waals surface area contributed by atoms with Gasteiger partial charge in [-0.05, 0) is 44.7 Å². The zero-order chi connectivity index (χ0) is 11.1. The predicted molar refractivity (Wildman–Crippen MR) is 61.0 cm³/mol. The fraction of sp³-hybridized carbons (Fsp3) is 0.692. The van der Waals surface area contributed by atoms with Crippen molar-refractivity contribution >= 4 is 0 Å². The van der Waals surface area contributed by atoms with Crippen LogP contribution in [-0.2, 0) is 0 Å². The first kappa shape index (κ1) is 10.4. The van der Waals surface area contributed by atoms with Gasteiger partial charge in [-0.1, -0.05) is 0 Å². The van der Waals surface area contributed by atoms with Crippen LogP contribution in [0.15, 0.2) is 23.0 Å². The molecule has 0 aromatic carbocycles. The summed E-state index contributed by atoms with van der Waals surface area (Å²) in [7, 11) is 2.22. The highest BCUT2D eigenvalue weighted by molar-refractivity contribution is 5.12. The summed E-state index contributed by atoms with van der Waals surface area (Å²) in [4.78, 5) is 2.50. The summed E-state index contributed by atoms with van der Waals surface area (Å²) in [6, 6.07) is 3.25. The summed E-state index contributed by atoms with van der Waals surface area (Å²) in [5.74, 6) is 0.409. The molecule has 0 saturated carbocycles. The molecule has 3 unspecified atom stereocenters. The molecule has 1 aromatic rings. The van der Waals surface area contributed by atoms with E-state index in [0.29, 0.717) is 18.0 Å². The van der Waals surface area contributed by atoms with Crippen molar-refractivity contribution in [1.82, 2.24) is 4.90 Å². The third kappa shape index (κ3) is 1.59. The lowest BCUT2D eigenvalue weighted by Gasteiger charge is -2.38. The van der Waals surface area contributed by atoms with Crippen molar-refractivity contribution in [1.29, 1.82) is 0 Å². The fourth-order valence-electron chi connectivity index (χ4n) is 3.43. The van der Waals surface area contributed by atoms with Gasteiger partial charge in [-0.15, -0.1) is 0 Å². The summed E-state index contributed by atoms with van der Waals surface area (Å²) in [5.41, 5.74) is 0.939. The van der Waals surface area contributed by atoms with Crippen molar-refractivity contribution in [3.8, 4) is 0 Å². The van der Waals surface area contributed by atoms with E-state index in [1.54, 1.807) is 12.5 Å². The van der Waals surface area contributed by atoms with E-state index in [4.69, 9.17) is 4.42 Å². The van der Waals surface area contributed by atoms with Gasteiger partial charge in [0.1, 0.15) is 0 Å². The molecule has 0 amide bonds. The molecule has 3 nitrogen and oxygen atoms in total. The average molecular weight is 221 g/mol. The van der Waals surface area contributed by atoms with Crippen LogP contribution in [0.5, 0.6) is 0 Å². The second kappa shape index (κ2) is 3.90. The number of hydrogen-bond donors (Lipinski definition) is 1. The van der Waals surface area contributed by atoms with Crippen molar-refractivity contribution in [3.05, 3.63) is 24.2 Å². The van der Waals surface area contributed by atoms with Gasteiger partial charge in [0, 0.05) is 17.6 Å². The molecule has 0 spiro atoms. The highest BCUT2D eigenvalue weighted by Gasteiger charge is 2.40. The van der Waals surface area contributed by atoms with Gasteiger partial charge in [0.15, 0.2) is 0 Å². The maximum Gasteiger partial charge on any atom is 0.0960 e. The average Bonchev–Trinajstić information content (AvgIpc) is 2.85. The van der Waals surface area contributed by atoms with Crippen LogP contribution in [0.4, 0.5) is 0 Å². The number of nitrogens with zero attached hydrogens (tertiary/aromatic N) is 1. The second-order valence-corrected chi connectivity index (χ2v) is 5.28. The minimum absolute atomic E-state index is 0.337. The Hall–Kier alpha value is -0.800. The minimum Gasteiger partial charge on any atom is -0.472 e. The molecule has 0 radical (unpaired) electrons. The van der Waals surface area contributed by atoms with Crippen LogP contribution < -0.4 is 0 Å². The Morgan fingerprint density at radius 3 is 2.62 bits per heavy atom. The number of piperidine rings is 1. The molecular formula is C13H19NO2. The van der Waals surface area contributed by atoms with Crippen LogP contribution in [0, 0.1) is 5.92 Å². The lowest BCUT2D eigenvalue weighted by atomic mass is 9.84.